The molecule has 4 nitrogen and oxygen atoms in total. The number of thiol groups is 1. The van der Waals surface area contributed by atoms with Gasteiger partial charge in [-0.3, -0.25) is 4.57 Å². The number of nitrogens with two attached hydrogens (primary N) is 1. The normalized spacial score (nSPS) is 19.3. The molecule has 6 heteroatoms. The van der Waals surface area contributed by atoms with Gasteiger partial charge < -0.3 is 15.2 Å². The predicted molar refractivity (Wildman–Crippen MR) is 47.9 cm³/mol. The molecule has 0 aromatic carbocycles. The summed E-state index contributed by atoms with van der Waals surface area (Å²) in [6, 6.07) is 0. The largest absolute Gasteiger partial charge is 0.344 e. The van der Waals surface area contributed by atoms with Crippen LogP contribution in [0.25, 0.3) is 0 Å². The third kappa shape index (κ3) is 4.82. The van der Waals surface area contributed by atoms with Crippen LogP contribution in [0.5, 0.6) is 0 Å². The summed E-state index contributed by atoms with van der Waals surface area (Å²) in [6.45, 7) is 1.68. The molecule has 0 aromatic heterocycles. The van der Waals surface area contributed by atoms with Crippen LogP contribution in [0.4, 0.5) is 0 Å². The van der Waals surface area contributed by atoms with Gasteiger partial charge >= 0.3 is 7.60 Å². The summed E-state index contributed by atoms with van der Waals surface area (Å²) in [5.41, 5.74) is 5.20. The maximum absolute atomic E-state index is 11.0. The first-order valence-electron chi connectivity index (χ1n) is 3.34. The van der Waals surface area contributed by atoms with Crippen molar-refractivity contribution in [1.82, 2.24) is 0 Å². The van der Waals surface area contributed by atoms with Gasteiger partial charge in [-0.05, 0) is 19.1 Å². The van der Waals surface area contributed by atoms with Gasteiger partial charge in [0.1, 0.15) is 5.78 Å². The molecule has 0 bridgehead atoms. The first-order valence-corrected chi connectivity index (χ1v) is 5.62. The van der Waals surface area contributed by atoms with Gasteiger partial charge in [0, 0.05) is 0 Å². The van der Waals surface area contributed by atoms with Crippen molar-refractivity contribution in [3.8, 4) is 0 Å². The van der Waals surface area contributed by atoms with E-state index >= 15 is 0 Å². The molecule has 0 amide bonds. The number of rotatable bonds is 5. The van der Waals surface area contributed by atoms with Crippen molar-refractivity contribution in [2.24, 2.45) is 5.73 Å². The molecule has 0 aromatic rings. The van der Waals surface area contributed by atoms with Gasteiger partial charge in [0.05, 0.1) is 6.61 Å². The standard InChI is InChI=1S/C5H14NO3PS/c1-5(6)10(7,8)9-3-2-4-11/h5,11H,2-4,6H2,1H3,(H,7,8). The molecular weight excluding hydrogens is 185 g/mol. The van der Waals surface area contributed by atoms with Crippen LogP contribution in [0.3, 0.4) is 0 Å². The lowest BCUT2D eigenvalue weighted by Crippen LogP contribution is -2.17. The van der Waals surface area contributed by atoms with E-state index in [0.717, 1.165) is 0 Å². The van der Waals surface area contributed by atoms with Crippen molar-refractivity contribution >= 4 is 20.2 Å². The summed E-state index contributed by atoms with van der Waals surface area (Å²) < 4.78 is 15.6. The Balaban J connectivity index is 3.65. The monoisotopic (exact) mass is 199 g/mol. The van der Waals surface area contributed by atoms with Crippen LogP contribution in [-0.4, -0.2) is 23.0 Å². The van der Waals surface area contributed by atoms with Gasteiger partial charge in [0.25, 0.3) is 0 Å². The molecule has 3 N–H and O–H groups in total. The van der Waals surface area contributed by atoms with Crippen LogP contribution in [-0.2, 0) is 9.09 Å². The minimum atomic E-state index is -3.55. The second-order valence-corrected chi connectivity index (χ2v) is 4.86. The fraction of sp³-hybridized carbons (Fsp3) is 1.00. The molecule has 0 rings (SSSR count). The zero-order valence-electron chi connectivity index (χ0n) is 6.43. The summed E-state index contributed by atoms with van der Waals surface area (Å²) >= 11 is 3.92. The molecule has 0 aliphatic carbocycles. The Hall–Kier alpha value is 0.460. The van der Waals surface area contributed by atoms with Crippen molar-refractivity contribution in [3.05, 3.63) is 0 Å². The Labute approximate surface area is 72.1 Å². The van der Waals surface area contributed by atoms with Gasteiger partial charge in [-0.15, -0.1) is 0 Å². The summed E-state index contributed by atoms with van der Waals surface area (Å²) in [5.74, 6) is -0.179. The van der Waals surface area contributed by atoms with E-state index in [0.29, 0.717) is 12.2 Å². The van der Waals surface area contributed by atoms with E-state index in [1.165, 1.54) is 6.92 Å². The highest BCUT2D eigenvalue weighted by molar-refractivity contribution is 7.80. The van der Waals surface area contributed by atoms with Gasteiger partial charge in [-0.1, -0.05) is 0 Å². The molecule has 0 radical (unpaired) electrons. The van der Waals surface area contributed by atoms with E-state index in [4.69, 9.17) is 10.6 Å². The maximum Gasteiger partial charge on any atom is 0.344 e. The lowest BCUT2D eigenvalue weighted by molar-refractivity contribution is 0.254. The van der Waals surface area contributed by atoms with Crippen molar-refractivity contribution < 1.29 is 14.0 Å². The number of hydrogen-bond donors (Lipinski definition) is 3. The van der Waals surface area contributed by atoms with E-state index < -0.39 is 13.4 Å². The maximum atomic E-state index is 11.0. The molecule has 0 saturated carbocycles. The first kappa shape index (κ1) is 11.5. The van der Waals surface area contributed by atoms with Crippen LogP contribution in [0.1, 0.15) is 13.3 Å². The second kappa shape index (κ2) is 5.17. The van der Waals surface area contributed by atoms with Crippen LogP contribution >= 0.6 is 20.2 Å². The Morgan fingerprint density at radius 2 is 2.36 bits per heavy atom. The molecule has 68 valence electrons. The average molecular weight is 199 g/mol. The molecule has 2 atom stereocenters. The molecule has 0 spiro atoms. The van der Waals surface area contributed by atoms with Gasteiger partial charge in [0.15, 0.2) is 0 Å². The molecule has 0 aliphatic rings. The van der Waals surface area contributed by atoms with Crippen LogP contribution in [0.15, 0.2) is 0 Å². The summed E-state index contributed by atoms with van der Waals surface area (Å²) in [7, 11) is -3.55. The molecule has 0 heterocycles. The quantitative estimate of drug-likeness (QED) is 0.348. The predicted octanol–water partition coefficient (Wildman–Crippen LogP) is 0.813. The molecule has 0 aliphatic heterocycles. The number of hydrogen-bond acceptors (Lipinski definition) is 4. The minimum absolute atomic E-state index is 0.235. The Morgan fingerprint density at radius 3 is 2.73 bits per heavy atom. The highest BCUT2D eigenvalue weighted by Crippen LogP contribution is 2.44. The fourth-order valence-corrected chi connectivity index (χ4v) is 1.13. The Bertz CT molecular complexity index is 153. The third-order valence-corrected chi connectivity index (χ3v) is 2.99. The molecule has 0 fully saturated rings. The summed E-state index contributed by atoms with van der Waals surface area (Å²) in [6.07, 6.45) is 0.653. The van der Waals surface area contributed by atoms with Gasteiger partial charge in [-0.2, -0.15) is 12.6 Å². The second-order valence-electron chi connectivity index (χ2n) is 2.22. The highest BCUT2D eigenvalue weighted by Gasteiger charge is 2.24. The summed E-state index contributed by atoms with van der Waals surface area (Å²) in [5, 5.41) is 0. The zero-order valence-corrected chi connectivity index (χ0v) is 8.22. The highest BCUT2D eigenvalue weighted by atomic mass is 32.1. The molecular formula is C5H14NO3PS. The van der Waals surface area contributed by atoms with E-state index in [-0.39, 0.29) is 6.61 Å². The van der Waals surface area contributed by atoms with Crippen LogP contribution in [0.2, 0.25) is 0 Å². The Kier molecular flexibility index (Phi) is 5.38. The van der Waals surface area contributed by atoms with E-state index in [1.54, 1.807) is 0 Å². The van der Waals surface area contributed by atoms with E-state index in [2.05, 4.69) is 17.2 Å². The van der Waals surface area contributed by atoms with Crippen molar-refractivity contribution in [2.75, 3.05) is 12.4 Å². The fourth-order valence-electron chi connectivity index (χ4n) is 0.377. The Morgan fingerprint density at radius 1 is 1.82 bits per heavy atom. The van der Waals surface area contributed by atoms with Crippen LogP contribution in [0, 0.1) is 0 Å². The lowest BCUT2D eigenvalue weighted by atomic mass is 10.5. The van der Waals surface area contributed by atoms with E-state index in [9.17, 15) is 4.57 Å². The zero-order chi connectivity index (χ0) is 8.91. The smallest absolute Gasteiger partial charge is 0.323 e. The topological polar surface area (TPSA) is 72.6 Å². The van der Waals surface area contributed by atoms with Crippen LogP contribution < -0.4 is 5.73 Å². The molecule has 0 saturated heterocycles. The van der Waals surface area contributed by atoms with Crippen molar-refractivity contribution in [2.45, 2.75) is 19.1 Å². The van der Waals surface area contributed by atoms with Gasteiger partial charge in [-0.25, -0.2) is 0 Å². The summed E-state index contributed by atoms with van der Waals surface area (Å²) in [4.78, 5) is 9.00. The van der Waals surface area contributed by atoms with Crippen molar-refractivity contribution in [3.63, 3.8) is 0 Å². The lowest BCUT2D eigenvalue weighted by Gasteiger charge is -2.14. The van der Waals surface area contributed by atoms with Gasteiger partial charge in [0.2, 0.25) is 0 Å². The first-order chi connectivity index (χ1) is 5.00. The third-order valence-electron chi connectivity index (χ3n) is 1.09. The SMILES string of the molecule is CC(N)P(=O)(O)OCCCS. The average Bonchev–Trinajstić information content (AvgIpc) is 1.88. The minimum Gasteiger partial charge on any atom is -0.323 e. The molecule has 2 unspecified atom stereocenters. The van der Waals surface area contributed by atoms with Crippen molar-refractivity contribution in [1.29, 1.82) is 0 Å². The molecule has 11 heavy (non-hydrogen) atoms. The van der Waals surface area contributed by atoms with E-state index in [1.807, 2.05) is 0 Å².